The van der Waals surface area contributed by atoms with Crippen molar-refractivity contribution in [1.82, 2.24) is 0 Å². The first-order valence-corrected chi connectivity index (χ1v) is 5.64. The number of primary amides is 1. The highest BCUT2D eigenvalue weighted by Gasteiger charge is 2.17. The van der Waals surface area contributed by atoms with Gasteiger partial charge in [0.2, 0.25) is 5.91 Å². The summed E-state index contributed by atoms with van der Waals surface area (Å²) in [6.07, 6.45) is 0. The number of hydrogen-bond donors (Lipinski definition) is 2. The Bertz CT molecular complexity index is 587. The molecule has 0 bridgehead atoms. The van der Waals surface area contributed by atoms with Gasteiger partial charge in [-0.3, -0.25) is 4.79 Å². The quantitative estimate of drug-likeness (QED) is 0.889. The first-order chi connectivity index (χ1) is 9.08. The summed E-state index contributed by atoms with van der Waals surface area (Å²) in [4.78, 5) is 11.4. The van der Waals surface area contributed by atoms with Crippen LogP contribution in [0.3, 0.4) is 0 Å². The van der Waals surface area contributed by atoms with Crippen molar-refractivity contribution in [1.29, 1.82) is 0 Å². The molecule has 0 spiro atoms. The van der Waals surface area contributed by atoms with Crippen LogP contribution in [0.5, 0.6) is 0 Å². The van der Waals surface area contributed by atoms with Crippen molar-refractivity contribution in [3.63, 3.8) is 0 Å². The predicted octanol–water partition coefficient (Wildman–Crippen LogP) is 2.60. The molecular weight excluding hydrogens is 250 g/mol. The minimum atomic E-state index is -0.985. The Morgan fingerprint density at radius 1 is 1.05 bits per heavy atom. The van der Waals surface area contributed by atoms with Crippen LogP contribution in [-0.2, 0) is 4.79 Å². The molecule has 5 heteroatoms. The number of rotatable bonds is 4. The van der Waals surface area contributed by atoms with E-state index in [2.05, 4.69) is 5.32 Å². The van der Waals surface area contributed by atoms with Gasteiger partial charge in [0.1, 0.15) is 6.04 Å². The summed E-state index contributed by atoms with van der Waals surface area (Å²) in [5.41, 5.74) is 6.25. The molecule has 0 aliphatic rings. The topological polar surface area (TPSA) is 55.1 Å². The first-order valence-electron chi connectivity index (χ1n) is 5.64. The Labute approximate surface area is 109 Å². The van der Waals surface area contributed by atoms with Crippen molar-refractivity contribution >= 4 is 11.6 Å². The highest BCUT2D eigenvalue weighted by atomic mass is 19.2. The molecule has 0 aromatic heterocycles. The predicted molar refractivity (Wildman–Crippen MR) is 68.4 cm³/mol. The third-order valence-corrected chi connectivity index (χ3v) is 2.65. The van der Waals surface area contributed by atoms with E-state index in [0.29, 0.717) is 5.56 Å². The Kier molecular flexibility index (Phi) is 3.75. The maximum absolute atomic E-state index is 13.1. The number of anilines is 1. The van der Waals surface area contributed by atoms with Gasteiger partial charge >= 0.3 is 0 Å². The van der Waals surface area contributed by atoms with Gasteiger partial charge in [-0.1, -0.05) is 30.3 Å². The lowest BCUT2D eigenvalue weighted by Gasteiger charge is -2.17. The molecule has 0 aliphatic carbocycles. The lowest BCUT2D eigenvalue weighted by atomic mass is 10.1. The second kappa shape index (κ2) is 5.48. The number of nitrogens with one attached hydrogen (secondary N) is 1. The van der Waals surface area contributed by atoms with Crippen molar-refractivity contribution < 1.29 is 13.6 Å². The zero-order valence-electron chi connectivity index (χ0n) is 9.94. The van der Waals surface area contributed by atoms with E-state index in [0.717, 1.165) is 12.1 Å². The van der Waals surface area contributed by atoms with Gasteiger partial charge in [-0.15, -0.1) is 0 Å². The molecule has 0 saturated carbocycles. The van der Waals surface area contributed by atoms with Gasteiger partial charge in [0, 0.05) is 11.8 Å². The average molecular weight is 262 g/mol. The number of nitrogens with two attached hydrogens (primary N) is 1. The third kappa shape index (κ3) is 3.07. The van der Waals surface area contributed by atoms with Gasteiger partial charge in [0.25, 0.3) is 0 Å². The van der Waals surface area contributed by atoms with Gasteiger partial charge in [-0.2, -0.15) is 0 Å². The van der Waals surface area contributed by atoms with Crippen LogP contribution < -0.4 is 11.1 Å². The molecule has 0 saturated heterocycles. The summed E-state index contributed by atoms with van der Waals surface area (Å²) in [7, 11) is 0. The number of carbonyl (C=O) groups is 1. The number of carbonyl (C=O) groups excluding carboxylic acids is 1. The largest absolute Gasteiger partial charge is 0.370 e. The van der Waals surface area contributed by atoms with Crippen molar-refractivity contribution in [3.05, 3.63) is 65.7 Å². The molecule has 0 heterocycles. The van der Waals surface area contributed by atoms with Crippen molar-refractivity contribution in [2.75, 3.05) is 5.32 Å². The van der Waals surface area contributed by atoms with Crippen LogP contribution in [0.1, 0.15) is 11.6 Å². The molecule has 2 aromatic rings. The summed E-state index contributed by atoms with van der Waals surface area (Å²) < 4.78 is 25.9. The summed E-state index contributed by atoms with van der Waals surface area (Å²) in [6, 6.07) is 11.3. The molecule has 2 rings (SSSR count). The van der Waals surface area contributed by atoms with Crippen LogP contribution >= 0.6 is 0 Å². The minimum Gasteiger partial charge on any atom is -0.370 e. The molecular formula is C14H12F2N2O. The maximum atomic E-state index is 13.1. The van der Waals surface area contributed by atoms with E-state index < -0.39 is 23.6 Å². The summed E-state index contributed by atoms with van der Waals surface area (Å²) in [6.45, 7) is 0. The fraction of sp³-hybridized carbons (Fsp3) is 0.0714. The van der Waals surface area contributed by atoms with Crippen LogP contribution in [0, 0.1) is 11.6 Å². The SMILES string of the molecule is NC(=O)C(Nc1ccc(F)c(F)c1)c1ccccc1. The lowest BCUT2D eigenvalue weighted by Crippen LogP contribution is -2.27. The average Bonchev–Trinajstić information content (AvgIpc) is 2.40. The van der Waals surface area contributed by atoms with Crippen molar-refractivity contribution in [3.8, 4) is 0 Å². The Morgan fingerprint density at radius 3 is 2.32 bits per heavy atom. The fourth-order valence-electron chi connectivity index (χ4n) is 1.72. The van der Waals surface area contributed by atoms with E-state index in [9.17, 15) is 13.6 Å². The van der Waals surface area contributed by atoms with Crippen molar-refractivity contribution in [2.45, 2.75) is 6.04 Å². The fourth-order valence-corrected chi connectivity index (χ4v) is 1.72. The van der Waals surface area contributed by atoms with Crippen LogP contribution in [0.2, 0.25) is 0 Å². The van der Waals surface area contributed by atoms with Crippen LogP contribution in [0.25, 0.3) is 0 Å². The molecule has 98 valence electrons. The minimum absolute atomic E-state index is 0.284. The second-order valence-electron chi connectivity index (χ2n) is 4.02. The highest BCUT2D eigenvalue weighted by Crippen LogP contribution is 2.20. The Balaban J connectivity index is 2.27. The number of hydrogen-bond acceptors (Lipinski definition) is 2. The molecule has 1 atom stereocenters. The number of benzene rings is 2. The van der Waals surface area contributed by atoms with Gasteiger partial charge in [-0.25, -0.2) is 8.78 Å². The van der Waals surface area contributed by atoms with E-state index in [1.165, 1.54) is 6.07 Å². The normalized spacial score (nSPS) is 11.9. The van der Waals surface area contributed by atoms with Gasteiger partial charge in [-0.05, 0) is 17.7 Å². The molecule has 0 aliphatic heterocycles. The van der Waals surface area contributed by atoms with E-state index in [1.807, 2.05) is 0 Å². The molecule has 1 amide bonds. The van der Waals surface area contributed by atoms with E-state index in [-0.39, 0.29) is 5.69 Å². The molecule has 2 aromatic carbocycles. The second-order valence-corrected chi connectivity index (χ2v) is 4.02. The first kappa shape index (κ1) is 13.0. The smallest absolute Gasteiger partial charge is 0.244 e. The van der Waals surface area contributed by atoms with Gasteiger partial charge < -0.3 is 11.1 Å². The van der Waals surface area contributed by atoms with Crippen LogP contribution in [0.15, 0.2) is 48.5 Å². The van der Waals surface area contributed by atoms with E-state index >= 15 is 0 Å². The van der Waals surface area contributed by atoms with Gasteiger partial charge in [0.15, 0.2) is 11.6 Å². The Morgan fingerprint density at radius 2 is 1.74 bits per heavy atom. The highest BCUT2D eigenvalue weighted by molar-refractivity contribution is 5.84. The van der Waals surface area contributed by atoms with Crippen LogP contribution in [-0.4, -0.2) is 5.91 Å². The molecule has 0 radical (unpaired) electrons. The molecule has 0 fully saturated rings. The monoisotopic (exact) mass is 262 g/mol. The van der Waals surface area contributed by atoms with Crippen LogP contribution in [0.4, 0.5) is 14.5 Å². The van der Waals surface area contributed by atoms with E-state index in [4.69, 9.17) is 5.73 Å². The lowest BCUT2D eigenvalue weighted by molar-refractivity contribution is -0.118. The summed E-state index contributed by atoms with van der Waals surface area (Å²) in [5.74, 6) is -2.53. The zero-order valence-corrected chi connectivity index (χ0v) is 9.94. The van der Waals surface area contributed by atoms with E-state index in [1.54, 1.807) is 30.3 Å². The van der Waals surface area contributed by atoms with Gasteiger partial charge in [0.05, 0.1) is 0 Å². The molecule has 1 unspecified atom stereocenters. The number of amides is 1. The molecule has 3 N–H and O–H groups in total. The Hall–Kier alpha value is -2.43. The van der Waals surface area contributed by atoms with Crippen molar-refractivity contribution in [2.24, 2.45) is 5.73 Å². The number of halogens is 2. The summed E-state index contributed by atoms with van der Waals surface area (Å²) >= 11 is 0. The summed E-state index contributed by atoms with van der Waals surface area (Å²) in [5, 5.41) is 2.78. The molecule has 3 nitrogen and oxygen atoms in total. The third-order valence-electron chi connectivity index (χ3n) is 2.65. The molecule has 19 heavy (non-hydrogen) atoms. The zero-order chi connectivity index (χ0) is 13.8. The maximum Gasteiger partial charge on any atom is 0.244 e. The standard InChI is InChI=1S/C14H12F2N2O/c15-11-7-6-10(8-12(11)16)18-13(14(17)19)9-4-2-1-3-5-9/h1-8,13,18H,(H2,17,19).